The zero-order chi connectivity index (χ0) is 45.9. The molecule has 0 aliphatic rings. The van der Waals surface area contributed by atoms with Crippen LogP contribution in [0.2, 0.25) is 56.9 Å². The molecule has 0 amide bonds. The van der Waals surface area contributed by atoms with E-state index in [2.05, 4.69) is 187 Å². The van der Waals surface area contributed by atoms with E-state index in [4.69, 9.17) is 0 Å². The Morgan fingerprint density at radius 2 is 0.914 bits per heavy atom. The lowest BCUT2D eigenvalue weighted by Crippen LogP contribution is -2.55. The Balaban J connectivity index is -0.000000784. The second-order valence-electron chi connectivity index (χ2n) is 19.3. The lowest BCUT2D eigenvalue weighted by molar-refractivity contribution is 0.344. The van der Waals surface area contributed by atoms with Gasteiger partial charge in [-0.15, -0.1) is 6.58 Å². The second-order valence-corrected chi connectivity index (χ2v) is 33.2. The molecular formula is C52H101N3Si3. The smallest absolute Gasteiger partial charge is 0.129 e. The molecule has 58 heavy (non-hydrogen) atoms. The molecular weight excluding hydrogens is 751 g/mol. The van der Waals surface area contributed by atoms with Gasteiger partial charge in [-0.1, -0.05) is 191 Å². The largest absolute Gasteiger partial charge is 0.326 e. The number of nitrogens with zero attached hydrogens (tertiary/aromatic N) is 3. The van der Waals surface area contributed by atoms with Crippen LogP contribution in [-0.2, 0) is 0 Å². The summed E-state index contributed by atoms with van der Waals surface area (Å²) in [4.78, 5) is 0. The molecule has 1 atom stereocenters. The van der Waals surface area contributed by atoms with E-state index in [1.807, 2.05) is 18.2 Å². The van der Waals surface area contributed by atoms with Crippen molar-refractivity contribution in [2.45, 2.75) is 196 Å². The Bertz CT molecular complexity index is 1300. The van der Waals surface area contributed by atoms with Crippen molar-refractivity contribution < 1.29 is 0 Å². The second kappa shape index (κ2) is 32.0. The molecule has 1 unspecified atom stereocenters. The third-order valence-electron chi connectivity index (χ3n) is 11.7. The van der Waals surface area contributed by atoms with Crippen molar-refractivity contribution in [3.05, 3.63) is 110 Å². The first-order valence-corrected chi connectivity index (χ1v) is 32.2. The molecule has 6 heteroatoms. The summed E-state index contributed by atoms with van der Waals surface area (Å²) in [6.45, 7) is 69.0. The molecule has 0 bridgehead atoms. The molecule has 0 saturated carbocycles. The van der Waals surface area contributed by atoms with E-state index < -0.39 is 24.7 Å². The first-order chi connectivity index (χ1) is 26.7. The Labute approximate surface area is 369 Å². The van der Waals surface area contributed by atoms with Crippen LogP contribution in [-0.4, -0.2) is 77.2 Å². The number of hydrogen-bond acceptors (Lipinski definition) is 3. The average molecular weight is 853 g/mol. The topological polar surface area (TPSA) is 9.72 Å². The molecule has 0 aromatic carbocycles. The summed E-state index contributed by atoms with van der Waals surface area (Å²) in [7, 11) is -1.85. The summed E-state index contributed by atoms with van der Waals surface area (Å²) in [5, 5.41) is 0. The SMILES string of the molecule is C=CC(=C)CC/C=C(/C)C[Si](C)(C)N(CCC)C(C)C.C=CC(=C)CC/C=C(\C)C[Si](C)(C)N(C)CCC.C=CC(=C)CCC(C(=C)C)[Si](C)(C)N(CCC)C(C)C. The van der Waals surface area contributed by atoms with Crippen LogP contribution in [0.1, 0.15) is 127 Å². The maximum atomic E-state index is 4.28. The number of hydrogen-bond donors (Lipinski definition) is 0. The number of rotatable bonds is 29. The third kappa shape index (κ3) is 26.4. The van der Waals surface area contributed by atoms with Gasteiger partial charge in [0.15, 0.2) is 0 Å². The molecule has 0 heterocycles. The van der Waals surface area contributed by atoms with Crippen LogP contribution in [0.25, 0.3) is 0 Å². The normalized spacial score (nSPS) is 13.2. The van der Waals surface area contributed by atoms with E-state index in [1.54, 1.807) is 5.57 Å². The van der Waals surface area contributed by atoms with Gasteiger partial charge in [-0.2, -0.15) is 0 Å². The molecule has 0 rings (SSSR count). The summed E-state index contributed by atoms with van der Waals surface area (Å²) >= 11 is 0. The first-order valence-electron chi connectivity index (χ1n) is 22.9. The van der Waals surface area contributed by atoms with Crippen LogP contribution in [0.15, 0.2) is 110 Å². The fraction of sp³-hybridized carbons (Fsp3) is 0.654. The summed E-state index contributed by atoms with van der Waals surface area (Å²) < 4.78 is 8.10. The van der Waals surface area contributed by atoms with Crippen molar-refractivity contribution in [2.75, 3.05) is 26.7 Å². The molecule has 0 saturated heterocycles. The van der Waals surface area contributed by atoms with Crippen molar-refractivity contribution >= 4 is 24.7 Å². The third-order valence-corrected chi connectivity index (χ3v) is 23.8. The fourth-order valence-electron chi connectivity index (χ4n) is 8.38. The van der Waals surface area contributed by atoms with Gasteiger partial charge >= 0.3 is 0 Å². The Morgan fingerprint density at radius 3 is 1.26 bits per heavy atom. The van der Waals surface area contributed by atoms with Crippen LogP contribution in [0.4, 0.5) is 0 Å². The monoisotopic (exact) mass is 852 g/mol. The number of allylic oxidation sites excluding steroid dienone is 11. The molecule has 336 valence electrons. The van der Waals surface area contributed by atoms with Gasteiger partial charge in [-0.25, -0.2) is 0 Å². The van der Waals surface area contributed by atoms with Gasteiger partial charge in [0.25, 0.3) is 0 Å². The molecule has 3 nitrogen and oxygen atoms in total. The summed E-state index contributed by atoms with van der Waals surface area (Å²) in [6, 6.07) is 3.81. The van der Waals surface area contributed by atoms with Gasteiger partial charge in [0.2, 0.25) is 0 Å². The maximum absolute atomic E-state index is 4.28. The van der Waals surface area contributed by atoms with E-state index in [9.17, 15) is 0 Å². The minimum atomic E-state index is -1.53. The van der Waals surface area contributed by atoms with Gasteiger partial charge in [0.1, 0.15) is 24.7 Å². The quantitative estimate of drug-likeness (QED) is 0.0422. The van der Waals surface area contributed by atoms with Gasteiger partial charge < -0.3 is 13.7 Å². The zero-order valence-electron chi connectivity index (χ0n) is 42.3. The van der Waals surface area contributed by atoms with E-state index in [0.717, 1.165) is 55.2 Å². The van der Waals surface area contributed by atoms with Crippen LogP contribution in [0.3, 0.4) is 0 Å². The van der Waals surface area contributed by atoms with Crippen molar-refractivity contribution in [1.29, 1.82) is 0 Å². The van der Waals surface area contributed by atoms with E-state index in [1.165, 1.54) is 62.1 Å². The molecule has 0 radical (unpaired) electrons. The Morgan fingerprint density at radius 1 is 0.552 bits per heavy atom. The highest BCUT2D eigenvalue weighted by Gasteiger charge is 2.39. The van der Waals surface area contributed by atoms with Gasteiger partial charge in [0, 0.05) is 0 Å². The summed E-state index contributed by atoms with van der Waals surface area (Å²) in [5.41, 5.74) is 8.45. The van der Waals surface area contributed by atoms with Crippen molar-refractivity contribution in [2.24, 2.45) is 0 Å². The summed E-state index contributed by atoms with van der Waals surface area (Å²) in [6.07, 6.45) is 20.5. The highest BCUT2D eigenvalue weighted by molar-refractivity contribution is 6.77. The van der Waals surface area contributed by atoms with E-state index in [-0.39, 0.29) is 0 Å². The fourth-order valence-corrected chi connectivity index (χ4v) is 19.5. The standard InChI is InChI=1S/2C18H35NSi.C16H31NSi/c1-10-14-19(16(5)6)20(8,9)18(15(3)4)13-12-17(7)11-2;1-9-14-19(16(3)4)20(7,8)15-18(6)13-11-12-17(5)10-2;1-8-13-17(5)18(6,7)14-16(4)12-10-11-15(3)9-2/h11,16,18H,2-3,7,10,12-14H2,1,4-6,8-9H3;10,13,16H,2,5,9,11-12,14-15H2,1,3-4,6-8H3;9,12H,2-3,8,10-11,13-14H2,1,4-7H3/b;18-13-;16-12+. The molecule has 0 aliphatic heterocycles. The molecule has 0 aliphatic carbocycles. The lowest BCUT2D eigenvalue weighted by atomic mass is 10.1. The van der Waals surface area contributed by atoms with E-state index in [0.29, 0.717) is 17.6 Å². The zero-order valence-corrected chi connectivity index (χ0v) is 45.3. The molecule has 0 fully saturated rings. The maximum Gasteiger partial charge on any atom is 0.129 e. The highest BCUT2D eigenvalue weighted by Crippen LogP contribution is 2.37. The molecule has 0 aromatic heterocycles. The minimum Gasteiger partial charge on any atom is -0.326 e. The van der Waals surface area contributed by atoms with Crippen molar-refractivity contribution in [1.82, 2.24) is 13.7 Å². The molecule has 0 spiro atoms. The van der Waals surface area contributed by atoms with Crippen molar-refractivity contribution in [3.63, 3.8) is 0 Å². The lowest BCUT2D eigenvalue weighted by Gasteiger charge is -2.45. The molecule has 0 N–H and O–H groups in total. The van der Waals surface area contributed by atoms with Crippen LogP contribution in [0, 0.1) is 0 Å². The Hall–Kier alpha value is -1.81. The minimum absolute atomic E-state index is 0.612. The van der Waals surface area contributed by atoms with Crippen LogP contribution in [0.5, 0.6) is 0 Å². The Kier molecular flexibility index (Phi) is 33.4. The predicted octanol–water partition coefficient (Wildman–Crippen LogP) is 16.6. The van der Waals surface area contributed by atoms with Crippen LogP contribution < -0.4 is 0 Å². The first kappa shape index (κ1) is 60.5. The van der Waals surface area contributed by atoms with Gasteiger partial charge in [-0.05, 0) is 135 Å². The van der Waals surface area contributed by atoms with E-state index >= 15 is 0 Å². The predicted molar refractivity (Wildman–Crippen MR) is 281 cm³/mol. The highest BCUT2D eigenvalue weighted by atomic mass is 28.3. The van der Waals surface area contributed by atoms with Crippen LogP contribution >= 0.6 is 0 Å². The summed E-state index contributed by atoms with van der Waals surface area (Å²) in [5.74, 6) is 0. The van der Waals surface area contributed by atoms with Crippen molar-refractivity contribution in [3.8, 4) is 0 Å². The van der Waals surface area contributed by atoms with Gasteiger partial charge in [-0.3, -0.25) is 0 Å². The molecule has 0 aromatic rings. The average Bonchev–Trinajstić information content (AvgIpc) is 3.11. The van der Waals surface area contributed by atoms with Gasteiger partial charge in [0.05, 0.1) is 0 Å².